The van der Waals surface area contributed by atoms with Crippen molar-refractivity contribution in [3.8, 4) is 0 Å². The molecule has 0 bridgehead atoms. The van der Waals surface area contributed by atoms with Gasteiger partial charge in [-0.1, -0.05) is 13.8 Å². The van der Waals surface area contributed by atoms with Crippen LogP contribution in [0, 0.1) is 0 Å². The van der Waals surface area contributed by atoms with Gasteiger partial charge in [-0.05, 0) is 33.6 Å². The lowest BCUT2D eigenvalue weighted by Crippen LogP contribution is -2.44. The smallest absolute Gasteiger partial charge is 0.407 e. The van der Waals surface area contributed by atoms with Gasteiger partial charge >= 0.3 is 12.1 Å². The van der Waals surface area contributed by atoms with Gasteiger partial charge in [0.2, 0.25) is 0 Å². The first kappa shape index (κ1) is 18.5. The van der Waals surface area contributed by atoms with E-state index >= 15 is 0 Å². The van der Waals surface area contributed by atoms with Crippen LogP contribution in [0.3, 0.4) is 0 Å². The Morgan fingerprint density at radius 3 is 1.95 bits per heavy atom. The van der Waals surface area contributed by atoms with E-state index in [1.807, 2.05) is 34.6 Å². The highest BCUT2D eigenvalue weighted by atomic mass is 16.6. The number of hydrogen-bond donors (Lipinski definition) is 2. The maximum Gasteiger partial charge on any atom is 0.407 e. The standard InChI is InChI=1S/C14H29N3O3/c1-6-10-17(11-7-2)12(18)15-8-9-16-13(19)20-14(3,4)5/h6-11H2,1-5H3,(H,15,18)(H,16,19). The Morgan fingerprint density at radius 2 is 1.50 bits per heavy atom. The number of rotatable bonds is 7. The van der Waals surface area contributed by atoms with Gasteiger partial charge in [-0.15, -0.1) is 0 Å². The van der Waals surface area contributed by atoms with E-state index in [9.17, 15) is 9.59 Å². The minimum Gasteiger partial charge on any atom is -0.444 e. The summed E-state index contributed by atoms with van der Waals surface area (Å²) < 4.78 is 5.10. The summed E-state index contributed by atoms with van der Waals surface area (Å²) in [6.45, 7) is 11.7. The van der Waals surface area contributed by atoms with Gasteiger partial charge < -0.3 is 20.3 Å². The molecular formula is C14H29N3O3. The highest BCUT2D eigenvalue weighted by Gasteiger charge is 2.15. The summed E-state index contributed by atoms with van der Waals surface area (Å²) in [5.41, 5.74) is -0.508. The van der Waals surface area contributed by atoms with Crippen LogP contribution in [0.15, 0.2) is 0 Å². The van der Waals surface area contributed by atoms with Crippen molar-refractivity contribution in [1.29, 1.82) is 0 Å². The third-order valence-corrected chi connectivity index (χ3v) is 2.34. The largest absolute Gasteiger partial charge is 0.444 e. The molecule has 0 aliphatic carbocycles. The molecule has 0 aromatic carbocycles. The predicted molar refractivity (Wildman–Crippen MR) is 79.8 cm³/mol. The molecule has 0 atom stereocenters. The summed E-state index contributed by atoms with van der Waals surface area (Å²) in [7, 11) is 0. The van der Waals surface area contributed by atoms with Crippen LogP contribution in [0.1, 0.15) is 47.5 Å². The van der Waals surface area contributed by atoms with Crippen LogP contribution < -0.4 is 10.6 Å². The molecule has 3 amide bonds. The second kappa shape index (κ2) is 9.44. The Balaban J connectivity index is 3.87. The molecule has 6 nitrogen and oxygen atoms in total. The summed E-state index contributed by atoms with van der Waals surface area (Å²) in [5.74, 6) is 0. The maximum atomic E-state index is 11.9. The van der Waals surface area contributed by atoms with E-state index in [0.29, 0.717) is 13.1 Å². The third kappa shape index (κ3) is 9.47. The molecule has 0 radical (unpaired) electrons. The molecule has 0 saturated heterocycles. The van der Waals surface area contributed by atoms with E-state index < -0.39 is 11.7 Å². The van der Waals surface area contributed by atoms with E-state index in [1.165, 1.54) is 0 Å². The fourth-order valence-corrected chi connectivity index (χ4v) is 1.61. The number of urea groups is 1. The summed E-state index contributed by atoms with van der Waals surface area (Å²) in [4.78, 5) is 25.0. The first-order valence-electron chi connectivity index (χ1n) is 7.29. The number of nitrogens with zero attached hydrogens (tertiary/aromatic N) is 1. The number of amides is 3. The molecule has 0 fully saturated rings. The zero-order valence-electron chi connectivity index (χ0n) is 13.4. The zero-order valence-corrected chi connectivity index (χ0v) is 13.4. The lowest BCUT2D eigenvalue weighted by Gasteiger charge is -2.22. The number of ether oxygens (including phenoxy) is 1. The molecule has 0 saturated carbocycles. The number of carbonyl (C=O) groups excluding carboxylic acids is 2. The number of alkyl carbamates (subject to hydrolysis) is 1. The summed E-state index contributed by atoms with van der Waals surface area (Å²) in [6, 6.07) is -0.0836. The van der Waals surface area contributed by atoms with Crippen molar-refractivity contribution in [3.63, 3.8) is 0 Å². The molecular weight excluding hydrogens is 258 g/mol. The number of carbonyl (C=O) groups is 2. The van der Waals surface area contributed by atoms with E-state index in [4.69, 9.17) is 4.74 Å². The first-order valence-corrected chi connectivity index (χ1v) is 7.29. The normalized spacial score (nSPS) is 10.8. The quantitative estimate of drug-likeness (QED) is 0.706. The average molecular weight is 287 g/mol. The highest BCUT2D eigenvalue weighted by Crippen LogP contribution is 2.05. The molecule has 0 aliphatic heterocycles. The molecule has 0 aromatic heterocycles. The van der Waals surface area contributed by atoms with Crippen LogP contribution in [0.2, 0.25) is 0 Å². The number of hydrogen-bond acceptors (Lipinski definition) is 3. The Labute approximate surface area is 122 Å². The van der Waals surface area contributed by atoms with Gasteiger partial charge in [-0.25, -0.2) is 9.59 Å². The van der Waals surface area contributed by atoms with E-state index in [-0.39, 0.29) is 6.03 Å². The maximum absolute atomic E-state index is 11.9. The molecule has 0 heterocycles. The average Bonchev–Trinajstić information content (AvgIpc) is 2.32. The number of nitrogens with one attached hydrogen (secondary N) is 2. The lowest BCUT2D eigenvalue weighted by molar-refractivity contribution is 0.0528. The van der Waals surface area contributed by atoms with Crippen LogP contribution >= 0.6 is 0 Å². The Morgan fingerprint density at radius 1 is 1.00 bits per heavy atom. The van der Waals surface area contributed by atoms with E-state index in [1.54, 1.807) is 4.90 Å². The Kier molecular flexibility index (Phi) is 8.76. The van der Waals surface area contributed by atoms with Gasteiger partial charge in [0.25, 0.3) is 0 Å². The van der Waals surface area contributed by atoms with Gasteiger partial charge in [-0.2, -0.15) is 0 Å². The fraction of sp³-hybridized carbons (Fsp3) is 0.857. The van der Waals surface area contributed by atoms with Crippen LogP contribution in [0.5, 0.6) is 0 Å². The summed E-state index contributed by atoms with van der Waals surface area (Å²) in [5, 5.41) is 5.39. The van der Waals surface area contributed by atoms with E-state index in [2.05, 4.69) is 10.6 Å². The van der Waals surface area contributed by atoms with Crippen molar-refractivity contribution in [3.05, 3.63) is 0 Å². The van der Waals surface area contributed by atoms with Crippen molar-refractivity contribution in [2.24, 2.45) is 0 Å². The Bertz CT molecular complexity index is 295. The molecule has 6 heteroatoms. The Hall–Kier alpha value is -1.46. The van der Waals surface area contributed by atoms with Crippen molar-refractivity contribution >= 4 is 12.1 Å². The third-order valence-electron chi connectivity index (χ3n) is 2.34. The second-order valence-corrected chi connectivity index (χ2v) is 5.65. The van der Waals surface area contributed by atoms with Gasteiger partial charge in [0.05, 0.1) is 0 Å². The van der Waals surface area contributed by atoms with E-state index in [0.717, 1.165) is 25.9 Å². The first-order chi connectivity index (χ1) is 9.30. The fourth-order valence-electron chi connectivity index (χ4n) is 1.61. The van der Waals surface area contributed by atoms with Crippen LogP contribution in [-0.2, 0) is 4.74 Å². The SMILES string of the molecule is CCCN(CCC)C(=O)NCCNC(=O)OC(C)(C)C. The predicted octanol–water partition coefficient (Wildman–Crippen LogP) is 2.34. The minimum absolute atomic E-state index is 0.0836. The molecule has 0 aromatic rings. The van der Waals surface area contributed by atoms with Gasteiger partial charge in [0.1, 0.15) is 5.60 Å². The van der Waals surface area contributed by atoms with Crippen molar-refractivity contribution in [2.45, 2.75) is 53.1 Å². The molecule has 20 heavy (non-hydrogen) atoms. The lowest BCUT2D eigenvalue weighted by atomic mass is 10.2. The van der Waals surface area contributed by atoms with Gasteiger partial charge in [0.15, 0.2) is 0 Å². The molecule has 118 valence electrons. The summed E-state index contributed by atoms with van der Waals surface area (Å²) in [6.07, 6.45) is 1.40. The molecule has 0 rings (SSSR count). The molecule has 2 N–H and O–H groups in total. The highest BCUT2D eigenvalue weighted by molar-refractivity contribution is 5.74. The van der Waals surface area contributed by atoms with Crippen molar-refractivity contribution in [1.82, 2.24) is 15.5 Å². The summed E-state index contributed by atoms with van der Waals surface area (Å²) >= 11 is 0. The van der Waals surface area contributed by atoms with Crippen LogP contribution in [0.4, 0.5) is 9.59 Å². The van der Waals surface area contributed by atoms with Crippen molar-refractivity contribution in [2.75, 3.05) is 26.2 Å². The van der Waals surface area contributed by atoms with Crippen LogP contribution in [0.25, 0.3) is 0 Å². The van der Waals surface area contributed by atoms with Gasteiger partial charge in [-0.3, -0.25) is 0 Å². The molecule has 0 aliphatic rings. The van der Waals surface area contributed by atoms with Crippen molar-refractivity contribution < 1.29 is 14.3 Å². The zero-order chi connectivity index (χ0) is 15.6. The van der Waals surface area contributed by atoms with Gasteiger partial charge in [0, 0.05) is 26.2 Å². The molecule has 0 spiro atoms. The molecule has 0 unspecified atom stereocenters. The van der Waals surface area contributed by atoms with Crippen LogP contribution in [-0.4, -0.2) is 48.8 Å². The minimum atomic E-state index is -0.508. The second-order valence-electron chi connectivity index (χ2n) is 5.65. The monoisotopic (exact) mass is 287 g/mol. The topological polar surface area (TPSA) is 70.7 Å².